The average molecular weight is 542 g/mol. The molecule has 0 radical (unpaired) electrons. The zero-order valence-corrected chi connectivity index (χ0v) is 24.7. The summed E-state index contributed by atoms with van der Waals surface area (Å²) in [7, 11) is -1.87. The van der Waals surface area contributed by atoms with E-state index in [2.05, 4.69) is 27.7 Å². The van der Waals surface area contributed by atoms with Crippen LogP contribution in [0.2, 0.25) is 0 Å². The van der Waals surface area contributed by atoms with Gasteiger partial charge < -0.3 is 19.3 Å². The van der Waals surface area contributed by atoms with Gasteiger partial charge in [0.1, 0.15) is 10.2 Å². The number of hydrogen-bond donors (Lipinski definition) is 1. The Morgan fingerprint density at radius 3 is 2.25 bits per heavy atom. The van der Waals surface area contributed by atoms with Crippen LogP contribution in [0.3, 0.4) is 0 Å². The van der Waals surface area contributed by atoms with Gasteiger partial charge in [0.05, 0.1) is 19.4 Å². The van der Waals surface area contributed by atoms with Gasteiger partial charge >= 0.3 is 5.97 Å². The van der Waals surface area contributed by atoms with Crippen LogP contribution in [0.15, 0.2) is 6.07 Å². The molecule has 0 aromatic carbocycles. The molecule has 1 atom stereocenters. The van der Waals surface area contributed by atoms with E-state index in [1.807, 2.05) is 11.0 Å². The number of esters is 1. The van der Waals surface area contributed by atoms with Gasteiger partial charge in [0, 0.05) is 23.5 Å². The van der Waals surface area contributed by atoms with Gasteiger partial charge in [0.2, 0.25) is 13.3 Å². The average Bonchev–Trinajstić information content (AvgIpc) is 3.26. The second kappa shape index (κ2) is 11.3. The van der Waals surface area contributed by atoms with Gasteiger partial charge in [-0.15, -0.1) is 11.3 Å². The molecule has 204 valence electrons. The minimum absolute atomic E-state index is 0.0465. The summed E-state index contributed by atoms with van der Waals surface area (Å²) in [5.74, 6) is 0.127. The topological polar surface area (TPSA) is 93.1 Å². The largest absolute Gasteiger partial charge is 0.465 e. The second-order valence-corrected chi connectivity index (χ2v) is 15.5. The van der Waals surface area contributed by atoms with Crippen molar-refractivity contribution in [3.63, 3.8) is 0 Å². The van der Waals surface area contributed by atoms with Crippen molar-refractivity contribution >= 4 is 36.3 Å². The number of methoxy groups -OCH3 is 1. The lowest BCUT2D eigenvalue weighted by Crippen LogP contribution is -2.49. The van der Waals surface area contributed by atoms with Crippen molar-refractivity contribution in [3.8, 4) is 0 Å². The predicted octanol–water partition coefficient (Wildman–Crippen LogP) is 6.57. The van der Waals surface area contributed by atoms with Crippen LogP contribution in [0.5, 0.6) is 0 Å². The molecule has 3 rings (SSSR count). The standard InChI is InChI=1S/C27H44NO6PS/c1-8-34-35(7,32)27(31)15-13-20(14-16-27)28(24(29)19-11-9-18(2)10-12-19)21-17-22(26(3,4)5)36-23(21)25(30)33-6/h17-20,31H,8-16H2,1-7H3/t18-,19-,20?,27?,35?. The number of thiophene rings is 1. The van der Waals surface area contributed by atoms with Crippen LogP contribution in [0.25, 0.3) is 0 Å². The number of carbonyl (C=O) groups is 2. The first-order chi connectivity index (χ1) is 16.7. The lowest BCUT2D eigenvalue weighted by atomic mass is 9.81. The molecule has 2 fully saturated rings. The lowest BCUT2D eigenvalue weighted by molar-refractivity contribution is -0.124. The van der Waals surface area contributed by atoms with Gasteiger partial charge in [-0.1, -0.05) is 27.7 Å². The number of nitrogens with zero attached hydrogens (tertiary/aromatic N) is 1. The number of anilines is 1. The molecule has 9 heteroatoms. The Balaban J connectivity index is 2.01. The predicted molar refractivity (Wildman–Crippen MR) is 145 cm³/mol. The SMILES string of the molecule is CCOP(C)(=O)C1(O)CCC(N(c2cc(C(C)(C)C)sc2C(=O)OC)C(=O)[C@H]2CC[C@H](C)CC2)CC1. The fourth-order valence-corrected chi connectivity index (χ4v) is 8.39. The van der Waals surface area contributed by atoms with E-state index in [-0.39, 0.29) is 42.7 Å². The summed E-state index contributed by atoms with van der Waals surface area (Å²) in [4.78, 5) is 30.3. The summed E-state index contributed by atoms with van der Waals surface area (Å²) in [6, 6.07) is 1.77. The molecule has 1 aromatic heterocycles. The van der Waals surface area contributed by atoms with Gasteiger partial charge in [-0.25, -0.2) is 4.79 Å². The Labute approximate surface area is 220 Å². The van der Waals surface area contributed by atoms with Crippen molar-refractivity contribution < 1.29 is 28.5 Å². The molecule has 2 aliphatic rings. The number of amides is 1. The molecule has 1 amide bonds. The summed E-state index contributed by atoms with van der Waals surface area (Å²) < 4.78 is 23.7. The Hall–Kier alpha value is -1.21. The van der Waals surface area contributed by atoms with Crippen molar-refractivity contribution in [1.29, 1.82) is 0 Å². The van der Waals surface area contributed by atoms with Crippen LogP contribution in [-0.2, 0) is 24.0 Å². The fourth-order valence-electron chi connectivity index (χ4n) is 5.46. The van der Waals surface area contributed by atoms with E-state index in [1.165, 1.54) is 25.1 Å². The smallest absolute Gasteiger partial charge is 0.350 e. The number of rotatable bonds is 7. The molecule has 1 heterocycles. The number of ether oxygens (including phenoxy) is 1. The third-order valence-electron chi connectivity index (χ3n) is 7.94. The molecular weight excluding hydrogens is 497 g/mol. The number of carbonyl (C=O) groups excluding carboxylic acids is 2. The fraction of sp³-hybridized carbons (Fsp3) is 0.778. The zero-order chi connectivity index (χ0) is 26.9. The summed E-state index contributed by atoms with van der Waals surface area (Å²) in [5.41, 5.74) is 0.417. The molecule has 1 unspecified atom stereocenters. The number of aliphatic hydroxyl groups is 1. The van der Waals surface area contributed by atoms with Crippen molar-refractivity contribution in [2.75, 3.05) is 25.3 Å². The summed E-state index contributed by atoms with van der Waals surface area (Å²) in [6.45, 7) is 12.0. The van der Waals surface area contributed by atoms with Gasteiger partial charge in [-0.3, -0.25) is 9.36 Å². The van der Waals surface area contributed by atoms with Gasteiger partial charge in [-0.05, 0) is 75.7 Å². The minimum Gasteiger partial charge on any atom is -0.465 e. The molecule has 36 heavy (non-hydrogen) atoms. The molecule has 0 saturated heterocycles. The first kappa shape index (κ1) is 29.3. The summed E-state index contributed by atoms with van der Waals surface area (Å²) in [5, 5.41) is 9.85. The molecule has 1 N–H and O–H groups in total. The quantitative estimate of drug-likeness (QED) is 0.310. The molecule has 7 nitrogen and oxygen atoms in total. The van der Waals surface area contributed by atoms with E-state index < -0.39 is 18.7 Å². The van der Waals surface area contributed by atoms with E-state index in [4.69, 9.17) is 9.26 Å². The highest BCUT2D eigenvalue weighted by molar-refractivity contribution is 7.59. The molecule has 1 aromatic rings. The van der Waals surface area contributed by atoms with Crippen molar-refractivity contribution in [2.24, 2.45) is 11.8 Å². The van der Waals surface area contributed by atoms with Crippen LogP contribution < -0.4 is 4.90 Å². The maximum Gasteiger partial charge on any atom is 0.350 e. The van der Waals surface area contributed by atoms with Crippen LogP contribution in [0, 0.1) is 11.8 Å². The molecule has 2 saturated carbocycles. The van der Waals surface area contributed by atoms with Gasteiger partial charge in [-0.2, -0.15) is 0 Å². The lowest BCUT2D eigenvalue weighted by Gasteiger charge is -2.43. The molecular formula is C27H44NO6PS. The third kappa shape index (κ3) is 6.09. The normalized spacial score (nSPS) is 28.8. The highest BCUT2D eigenvalue weighted by atomic mass is 32.1. The zero-order valence-electron chi connectivity index (χ0n) is 23.0. The maximum absolute atomic E-state index is 14.1. The monoisotopic (exact) mass is 541 g/mol. The van der Waals surface area contributed by atoms with E-state index >= 15 is 0 Å². The van der Waals surface area contributed by atoms with E-state index in [0.29, 0.717) is 29.3 Å². The van der Waals surface area contributed by atoms with Crippen LogP contribution in [-0.4, -0.2) is 48.7 Å². The van der Waals surface area contributed by atoms with Crippen molar-refractivity contribution in [3.05, 3.63) is 15.8 Å². The Morgan fingerprint density at radius 2 is 1.75 bits per heavy atom. The van der Waals surface area contributed by atoms with Crippen molar-refractivity contribution in [1.82, 2.24) is 0 Å². The van der Waals surface area contributed by atoms with Crippen LogP contribution >= 0.6 is 18.7 Å². The summed E-state index contributed by atoms with van der Waals surface area (Å²) >= 11 is 1.38. The van der Waals surface area contributed by atoms with Crippen LogP contribution in [0.4, 0.5) is 5.69 Å². The second-order valence-electron chi connectivity index (χ2n) is 11.7. The van der Waals surface area contributed by atoms with E-state index in [9.17, 15) is 19.3 Å². The Morgan fingerprint density at radius 1 is 1.17 bits per heavy atom. The van der Waals surface area contributed by atoms with E-state index in [0.717, 1.165) is 30.6 Å². The number of hydrogen-bond acceptors (Lipinski definition) is 7. The van der Waals surface area contributed by atoms with Crippen molar-refractivity contribution in [2.45, 2.75) is 103 Å². The highest BCUT2D eigenvalue weighted by Gasteiger charge is 2.49. The third-order valence-corrected chi connectivity index (χ3v) is 12.2. The Bertz CT molecular complexity index is 983. The maximum atomic E-state index is 14.1. The van der Waals surface area contributed by atoms with Crippen LogP contribution in [0.1, 0.15) is 101 Å². The van der Waals surface area contributed by atoms with E-state index in [1.54, 1.807) is 6.92 Å². The minimum atomic E-state index is -3.23. The Kier molecular flexibility index (Phi) is 9.18. The molecule has 2 aliphatic carbocycles. The highest BCUT2D eigenvalue weighted by Crippen LogP contribution is 2.60. The summed E-state index contributed by atoms with van der Waals surface area (Å²) in [6.07, 6.45) is 5.24. The van der Waals surface area contributed by atoms with Gasteiger partial charge in [0.15, 0.2) is 0 Å². The van der Waals surface area contributed by atoms with Gasteiger partial charge in [0.25, 0.3) is 0 Å². The molecule has 0 bridgehead atoms. The molecule has 0 aliphatic heterocycles. The first-order valence-corrected chi connectivity index (χ1v) is 16.1. The molecule has 0 spiro atoms. The first-order valence-electron chi connectivity index (χ1n) is 13.2.